The largest absolute Gasteiger partial charge is 0.398 e. The Hall–Kier alpha value is -0.760. The molecule has 0 unspecified atom stereocenters. The molecule has 0 atom stereocenters. The van der Waals surface area contributed by atoms with E-state index in [1.807, 2.05) is 20.8 Å². The van der Waals surface area contributed by atoms with Gasteiger partial charge in [-0.2, -0.15) is 0 Å². The number of rotatable bonds is 0. The minimum atomic E-state index is -0.466. The molecule has 0 aliphatic heterocycles. The van der Waals surface area contributed by atoms with E-state index in [4.69, 9.17) is 17.3 Å². The third-order valence-corrected chi connectivity index (χ3v) is 2.19. The van der Waals surface area contributed by atoms with E-state index in [2.05, 4.69) is 0 Å². The van der Waals surface area contributed by atoms with Gasteiger partial charge in [0.1, 0.15) is 5.82 Å². The lowest BCUT2D eigenvalue weighted by Gasteiger charge is -2.21. The number of anilines is 1. The number of nitrogen functional groups attached to an aromatic ring is 1. The van der Waals surface area contributed by atoms with Crippen LogP contribution in [0.15, 0.2) is 12.1 Å². The highest BCUT2D eigenvalue weighted by atomic mass is 35.5. The molecule has 1 rings (SSSR count). The van der Waals surface area contributed by atoms with Crippen molar-refractivity contribution in [2.75, 3.05) is 5.73 Å². The van der Waals surface area contributed by atoms with E-state index in [1.54, 1.807) is 6.07 Å². The van der Waals surface area contributed by atoms with Crippen molar-refractivity contribution < 1.29 is 4.39 Å². The Kier molecular flexibility index (Phi) is 2.53. The lowest BCUT2D eigenvalue weighted by atomic mass is 9.86. The maximum absolute atomic E-state index is 12.9. The predicted octanol–water partition coefficient (Wildman–Crippen LogP) is 3.36. The summed E-state index contributed by atoms with van der Waals surface area (Å²) in [6.45, 7) is 6.02. The predicted molar refractivity (Wildman–Crippen MR) is 54.5 cm³/mol. The summed E-state index contributed by atoms with van der Waals surface area (Å²) in [5.74, 6) is -0.466. The molecule has 0 saturated heterocycles. The molecule has 1 aromatic carbocycles. The first kappa shape index (κ1) is 10.3. The fourth-order valence-corrected chi connectivity index (χ4v) is 1.38. The minimum absolute atomic E-state index is 0.110. The summed E-state index contributed by atoms with van der Waals surface area (Å²) in [6, 6.07) is 2.86. The van der Waals surface area contributed by atoms with E-state index in [0.29, 0.717) is 5.69 Å². The van der Waals surface area contributed by atoms with Gasteiger partial charge in [-0.1, -0.05) is 32.4 Å². The SMILES string of the molecule is CC(C)(C)c1cc(Cl)c(F)cc1N. The van der Waals surface area contributed by atoms with Crippen molar-refractivity contribution in [3.05, 3.63) is 28.5 Å². The Balaban J connectivity index is 3.32. The van der Waals surface area contributed by atoms with Crippen molar-refractivity contribution >= 4 is 17.3 Å². The number of hydrogen-bond acceptors (Lipinski definition) is 1. The Morgan fingerprint density at radius 2 is 1.85 bits per heavy atom. The van der Waals surface area contributed by atoms with Crippen LogP contribution in [0.1, 0.15) is 26.3 Å². The van der Waals surface area contributed by atoms with E-state index < -0.39 is 5.82 Å². The zero-order chi connectivity index (χ0) is 10.2. The van der Waals surface area contributed by atoms with Gasteiger partial charge in [-0.25, -0.2) is 4.39 Å². The number of benzene rings is 1. The zero-order valence-electron chi connectivity index (χ0n) is 7.99. The molecule has 0 aliphatic carbocycles. The van der Waals surface area contributed by atoms with Gasteiger partial charge in [0.05, 0.1) is 5.02 Å². The molecule has 0 radical (unpaired) electrons. The van der Waals surface area contributed by atoms with Crippen molar-refractivity contribution in [2.24, 2.45) is 0 Å². The molecule has 72 valence electrons. The molecule has 2 N–H and O–H groups in total. The van der Waals surface area contributed by atoms with Crippen LogP contribution < -0.4 is 5.73 Å². The maximum Gasteiger partial charge on any atom is 0.143 e. The summed E-state index contributed by atoms with van der Waals surface area (Å²) in [5.41, 5.74) is 6.90. The second-order valence-electron chi connectivity index (χ2n) is 4.10. The van der Waals surface area contributed by atoms with Crippen molar-refractivity contribution in [3.63, 3.8) is 0 Å². The van der Waals surface area contributed by atoms with E-state index in [0.717, 1.165) is 5.56 Å². The summed E-state index contributed by atoms with van der Waals surface area (Å²) < 4.78 is 12.9. The molecule has 1 nitrogen and oxygen atoms in total. The molecule has 0 spiro atoms. The van der Waals surface area contributed by atoms with Crippen molar-refractivity contribution in [3.8, 4) is 0 Å². The van der Waals surface area contributed by atoms with Gasteiger partial charge >= 0.3 is 0 Å². The van der Waals surface area contributed by atoms with Crippen LogP contribution in [-0.2, 0) is 5.41 Å². The van der Waals surface area contributed by atoms with E-state index in [1.165, 1.54) is 6.07 Å². The van der Waals surface area contributed by atoms with Crippen LogP contribution in [0.2, 0.25) is 5.02 Å². The average Bonchev–Trinajstić information content (AvgIpc) is 1.94. The van der Waals surface area contributed by atoms with E-state index >= 15 is 0 Å². The molecule has 13 heavy (non-hydrogen) atoms. The van der Waals surface area contributed by atoms with Gasteiger partial charge in [0.2, 0.25) is 0 Å². The van der Waals surface area contributed by atoms with Gasteiger partial charge in [0, 0.05) is 5.69 Å². The Labute approximate surface area is 82.7 Å². The quantitative estimate of drug-likeness (QED) is 0.640. The molecule has 0 saturated carbocycles. The van der Waals surface area contributed by atoms with Gasteiger partial charge in [-0.3, -0.25) is 0 Å². The van der Waals surface area contributed by atoms with Crippen LogP contribution in [-0.4, -0.2) is 0 Å². The van der Waals surface area contributed by atoms with Gasteiger partial charge in [-0.05, 0) is 23.1 Å². The highest BCUT2D eigenvalue weighted by molar-refractivity contribution is 6.30. The maximum atomic E-state index is 12.9. The average molecular weight is 202 g/mol. The summed E-state index contributed by atoms with van der Waals surface area (Å²) in [5, 5.41) is 0.124. The summed E-state index contributed by atoms with van der Waals surface area (Å²) in [6.07, 6.45) is 0. The molecule has 0 aliphatic rings. The Morgan fingerprint density at radius 3 is 2.31 bits per heavy atom. The molecule has 1 aromatic rings. The van der Waals surface area contributed by atoms with Crippen LogP contribution in [0.25, 0.3) is 0 Å². The van der Waals surface area contributed by atoms with Crippen LogP contribution >= 0.6 is 11.6 Å². The Morgan fingerprint density at radius 1 is 1.31 bits per heavy atom. The molecule has 0 fully saturated rings. The fraction of sp³-hybridized carbons (Fsp3) is 0.400. The number of halogens is 2. The second-order valence-corrected chi connectivity index (χ2v) is 4.51. The van der Waals surface area contributed by atoms with Crippen LogP contribution in [0.5, 0.6) is 0 Å². The highest BCUT2D eigenvalue weighted by Crippen LogP contribution is 2.31. The molecule has 3 heteroatoms. The van der Waals surface area contributed by atoms with Crippen molar-refractivity contribution in [1.29, 1.82) is 0 Å². The van der Waals surface area contributed by atoms with Crippen molar-refractivity contribution in [1.82, 2.24) is 0 Å². The summed E-state index contributed by atoms with van der Waals surface area (Å²) in [7, 11) is 0. The first-order valence-electron chi connectivity index (χ1n) is 4.07. The van der Waals surface area contributed by atoms with Gasteiger partial charge in [0.25, 0.3) is 0 Å². The third kappa shape index (κ3) is 2.13. The second kappa shape index (κ2) is 3.18. The topological polar surface area (TPSA) is 26.0 Å². The molecule has 0 amide bonds. The van der Waals surface area contributed by atoms with E-state index in [9.17, 15) is 4.39 Å². The first-order chi connectivity index (χ1) is 5.82. The van der Waals surface area contributed by atoms with E-state index in [-0.39, 0.29) is 10.4 Å². The normalized spacial score (nSPS) is 11.8. The smallest absolute Gasteiger partial charge is 0.143 e. The summed E-state index contributed by atoms with van der Waals surface area (Å²) in [4.78, 5) is 0. The van der Waals surface area contributed by atoms with Crippen LogP contribution in [0.3, 0.4) is 0 Å². The minimum Gasteiger partial charge on any atom is -0.398 e. The molecular formula is C10H13ClFN. The molecular weight excluding hydrogens is 189 g/mol. The number of nitrogens with two attached hydrogens (primary N) is 1. The Bertz CT molecular complexity index is 328. The fourth-order valence-electron chi connectivity index (χ4n) is 1.21. The summed E-state index contributed by atoms with van der Waals surface area (Å²) >= 11 is 5.66. The van der Waals surface area contributed by atoms with Gasteiger partial charge < -0.3 is 5.73 Å². The lowest BCUT2D eigenvalue weighted by Crippen LogP contribution is -2.14. The monoisotopic (exact) mass is 201 g/mol. The highest BCUT2D eigenvalue weighted by Gasteiger charge is 2.18. The third-order valence-electron chi connectivity index (χ3n) is 1.90. The molecule has 0 aromatic heterocycles. The zero-order valence-corrected chi connectivity index (χ0v) is 8.74. The molecule has 0 heterocycles. The van der Waals surface area contributed by atoms with Crippen molar-refractivity contribution in [2.45, 2.75) is 26.2 Å². The van der Waals surface area contributed by atoms with Crippen LogP contribution in [0, 0.1) is 5.82 Å². The van der Waals surface area contributed by atoms with Gasteiger partial charge in [-0.15, -0.1) is 0 Å². The van der Waals surface area contributed by atoms with Gasteiger partial charge in [0.15, 0.2) is 0 Å². The first-order valence-corrected chi connectivity index (χ1v) is 4.45. The lowest BCUT2D eigenvalue weighted by molar-refractivity contribution is 0.586. The standard InChI is InChI=1S/C10H13ClFN/c1-10(2,3)6-4-7(11)8(12)5-9(6)13/h4-5H,13H2,1-3H3. The molecule has 0 bridgehead atoms. The van der Waals surface area contributed by atoms with Crippen LogP contribution in [0.4, 0.5) is 10.1 Å². The number of hydrogen-bond donors (Lipinski definition) is 1.